The van der Waals surface area contributed by atoms with Gasteiger partial charge in [0.15, 0.2) is 0 Å². The minimum absolute atomic E-state index is 0.0559. The fourth-order valence-electron chi connectivity index (χ4n) is 2.36. The molecule has 1 aliphatic rings. The lowest BCUT2D eigenvalue weighted by Crippen LogP contribution is -2.34. The van der Waals surface area contributed by atoms with Crippen LogP contribution in [0.3, 0.4) is 0 Å². The van der Waals surface area contributed by atoms with Gasteiger partial charge in [-0.15, -0.1) is 0 Å². The highest BCUT2D eigenvalue weighted by atomic mass is 32.2. The van der Waals surface area contributed by atoms with E-state index >= 15 is 0 Å². The molecule has 1 aromatic carbocycles. The summed E-state index contributed by atoms with van der Waals surface area (Å²) in [6.45, 7) is 5.03. The first-order valence-corrected chi connectivity index (χ1v) is 9.39. The second-order valence-electron chi connectivity index (χ2n) is 5.86. The van der Waals surface area contributed by atoms with Crippen LogP contribution in [0.5, 0.6) is 0 Å². The fourth-order valence-corrected chi connectivity index (χ4v) is 3.69. The number of hydrogen-bond acceptors (Lipinski definition) is 3. The SMILES string of the molecule is CCCNc1ccc(S(=O)(=O)NC(CC)CC2CC2)cc1. The summed E-state index contributed by atoms with van der Waals surface area (Å²) in [6.07, 6.45) is 5.34. The van der Waals surface area contributed by atoms with E-state index in [1.165, 1.54) is 12.8 Å². The van der Waals surface area contributed by atoms with Gasteiger partial charge in [0, 0.05) is 18.3 Å². The van der Waals surface area contributed by atoms with Gasteiger partial charge in [-0.2, -0.15) is 0 Å². The molecule has 0 spiro atoms. The van der Waals surface area contributed by atoms with Crippen molar-refractivity contribution in [3.8, 4) is 0 Å². The summed E-state index contributed by atoms with van der Waals surface area (Å²) in [7, 11) is -3.40. The molecule has 118 valence electrons. The van der Waals surface area contributed by atoms with Crippen LogP contribution >= 0.6 is 0 Å². The summed E-state index contributed by atoms with van der Waals surface area (Å²) < 4.78 is 27.6. The predicted molar refractivity (Wildman–Crippen MR) is 87.0 cm³/mol. The standard InChI is InChI=1S/C16H26N2O2S/c1-3-11-17-15-7-9-16(10-8-15)21(19,20)18-14(4-2)12-13-5-6-13/h7-10,13-14,17-18H,3-6,11-12H2,1-2H3. The van der Waals surface area contributed by atoms with Crippen LogP contribution in [0.15, 0.2) is 29.2 Å². The van der Waals surface area contributed by atoms with Crippen molar-refractivity contribution < 1.29 is 8.42 Å². The van der Waals surface area contributed by atoms with Crippen LogP contribution in [0.1, 0.15) is 46.0 Å². The van der Waals surface area contributed by atoms with Gasteiger partial charge in [0.1, 0.15) is 0 Å². The van der Waals surface area contributed by atoms with Gasteiger partial charge in [-0.25, -0.2) is 13.1 Å². The van der Waals surface area contributed by atoms with Crippen molar-refractivity contribution in [1.29, 1.82) is 0 Å². The van der Waals surface area contributed by atoms with Crippen molar-refractivity contribution in [2.24, 2.45) is 5.92 Å². The molecule has 1 fully saturated rings. The van der Waals surface area contributed by atoms with Crippen LogP contribution in [-0.2, 0) is 10.0 Å². The second kappa shape index (κ2) is 7.27. The summed E-state index contributed by atoms with van der Waals surface area (Å²) >= 11 is 0. The predicted octanol–water partition coefficient (Wildman–Crippen LogP) is 3.37. The lowest BCUT2D eigenvalue weighted by Gasteiger charge is -2.17. The Morgan fingerprint density at radius 1 is 1.19 bits per heavy atom. The van der Waals surface area contributed by atoms with Crippen molar-refractivity contribution in [2.75, 3.05) is 11.9 Å². The molecule has 21 heavy (non-hydrogen) atoms. The maximum absolute atomic E-state index is 12.4. The highest BCUT2D eigenvalue weighted by Crippen LogP contribution is 2.34. The van der Waals surface area contributed by atoms with E-state index in [0.717, 1.165) is 37.4 Å². The normalized spacial score (nSPS) is 16.7. The number of hydrogen-bond donors (Lipinski definition) is 2. The summed E-state index contributed by atoms with van der Waals surface area (Å²) in [5, 5.41) is 3.24. The van der Waals surface area contributed by atoms with Crippen molar-refractivity contribution in [3.63, 3.8) is 0 Å². The number of benzene rings is 1. The topological polar surface area (TPSA) is 58.2 Å². The quantitative estimate of drug-likeness (QED) is 0.735. The molecule has 0 heterocycles. The molecule has 0 radical (unpaired) electrons. The van der Waals surface area contributed by atoms with Crippen LogP contribution in [0.25, 0.3) is 0 Å². The zero-order chi connectivity index (χ0) is 15.3. The molecule has 1 saturated carbocycles. The Labute approximate surface area is 128 Å². The first-order valence-electron chi connectivity index (χ1n) is 7.91. The smallest absolute Gasteiger partial charge is 0.240 e. The van der Waals surface area contributed by atoms with Crippen LogP contribution in [0.4, 0.5) is 5.69 Å². The summed E-state index contributed by atoms with van der Waals surface area (Å²) in [5.74, 6) is 0.721. The van der Waals surface area contributed by atoms with Crippen LogP contribution in [0, 0.1) is 5.92 Å². The van der Waals surface area contributed by atoms with E-state index < -0.39 is 10.0 Å². The third-order valence-electron chi connectivity index (χ3n) is 3.87. The Kier molecular flexibility index (Phi) is 5.65. The molecule has 1 aromatic rings. The Bertz CT molecular complexity index is 536. The van der Waals surface area contributed by atoms with E-state index in [1.54, 1.807) is 12.1 Å². The van der Waals surface area contributed by atoms with Crippen LogP contribution in [-0.4, -0.2) is 21.0 Å². The van der Waals surface area contributed by atoms with Crippen LogP contribution in [0.2, 0.25) is 0 Å². The van der Waals surface area contributed by atoms with Gasteiger partial charge in [0.25, 0.3) is 0 Å². The first-order chi connectivity index (χ1) is 10.0. The largest absolute Gasteiger partial charge is 0.385 e. The second-order valence-corrected chi connectivity index (χ2v) is 7.57. The molecule has 2 N–H and O–H groups in total. The summed E-state index contributed by atoms with van der Waals surface area (Å²) in [6, 6.07) is 7.05. The Morgan fingerprint density at radius 2 is 1.86 bits per heavy atom. The monoisotopic (exact) mass is 310 g/mol. The number of sulfonamides is 1. The first kappa shape index (κ1) is 16.3. The van der Waals surface area contributed by atoms with Gasteiger partial charge in [-0.1, -0.05) is 26.7 Å². The van der Waals surface area contributed by atoms with Gasteiger partial charge in [-0.3, -0.25) is 0 Å². The van der Waals surface area contributed by atoms with E-state index in [1.807, 2.05) is 19.1 Å². The molecule has 0 saturated heterocycles. The maximum atomic E-state index is 12.4. The number of nitrogens with one attached hydrogen (secondary N) is 2. The fraction of sp³-hybridized carbons (Fsp3) is 0.625. The molecule has 0 bridgehead atoms. The van der Waals surface area contributed by atoms with Crippen molar-refractivity contribution in [1.82, 2.24) is 4.72 Å². The minimum Gasteiger partial charge on any atom is -0.385 e. The van der Waals surface area contributed by atoms with Crippen molar-refractivity contribution in [3.05, 3.63) is 24.3 Å². The molecular weight excluding hydrogens is 284 g/mol. The molecule has 0 aliphatic heterocycles. The van der Waals surface area contributed by atoms with E-state index in [9.17, 15) is 8.42 Å². The molecule has 0 aromatic heterocycles. The highest BCUT2D eigenvalue weighted by molar-refractivity contribution is 7.89. The molecule has 1 atom stereocenters. The maximum Gasteiger partial charge on any atom is 0.240 e. The third-order valence-corrected chi connectivity index (χ3v) is 5.41. The van der Waals surface area contributed by atoms with E-state index in [4.69, 9.17) is 0 Å². The molecule has 4 nitrogen and oxygen atoms in total. The zero-order valence-corrected chi connectivity index (χ0v) is 13.7. The van der Waals surface area contributed by atoms with Crippen molar-refractivity contribution in [2.45, 2.75) is 56.9 Å². The molecule has 1 aliphatic carbocycles. The number of anilines is 1. The number of rotatable bonds is 9. The molecular formula is C16H26N2O2S. The average Bonchev–Trinajstić information content (AvgIpc) is 3.28. The van der Waals surface area contributed by atoms with E-state index in [2.05, 4.69) is 17.0 Å². The summed E-state index contributed by atoms with van der Waals surface area (Å²) in [5.41, 5.74) is 0.959. The van der Waals surface area contributed by atoms with Gasteiger partial charge in [-0.05, 0) is 49.4 Å². The van der Waals surface area contributed by atoms with Gasteiger partial charge in [0.2, 0.25) is 10.0 Å². The molecule has 1 unspecified atom stereocenters. The summed E-state index contributed by atoms with van der Waals surface area (Å²) in [4.78, 5) is 0.346. The highest BCUT2D eigenvalue weighted by Gasteiger charge is 2.27. The molecule has 5 heteroatoms. The zero-order valence-electron chi connectivity index (χ0n) is 12.9. The van der Waals surface area contributed by atoms with Gasteiger partial charge < -0.3 is 5.32 Å². The van der Waals surface area contributed by atoms with E-state index in [0.29, 0.717) is 4.90 Å². The van der Waals surface area contributed by atoms with Gasteiger partial charge >= 0.3 is 0 Å². The lowest BCUT2D eigenvalue weighted by atomic mass is 10.1. The average molecular weight is 310 g/mol. The Morgan fingerprint density at radius 3 is 2.38 bits per heavy atom. The Hall–Kier alpha value is -1.07. The molecule has 0 amide bonds. The van der Waals surface area contributed by atoms with E-state index in [-0.39, 0.29) is 6.04 Å². The van der Waals surface area contributed by atoms with Crippen LogP contribution < -0.4 is 10.0 Å². The molecule has 2 rings (SSSR count). The van der Waals surface area contributed by atoms with Gasteiger partial charge in [0.05, 0.1) is 4.90 Å². The van der Waals surface area contributed by atoms with Crippen molar-refractivity contribution >= 4 is 15.7 Å². The minimum atomic E-state index is -3.40. The third kappa shape index (κ3) is 5.00. The lowest BCUT2D eigenvalue weighted by molar-refractivity contribution is 0.495. The Balaban J connectivity index is 2.00.